The Bertz CT molecular complexity index is 1330. The van der Waals surface area contributed by atoms with Crippen LogP contribution in [0.25, 0.3) is 0 Å². The summed E-state index contributed by atoms with van der Waals surface area (Å²) in [6.07, 6.45) is 1.56. The smallest absolute Gasteiger partial charge is 0.271 e. The zero-order valence-corrected chi connectivity index (χ0v) is 21.3. The molecule has 0 radical (unpaired) electrons. The lowest BCUT2D eigenvalue weighted by Crippen LogP contribution is -2.17. The number of carbonyl (C=O) groups excluding carboxylic acids is 1. The van der Waals surface area contributed by atoms with Crippen molar-refractivity contribution in [2.24, 2.45) is 5.10 Å². The minimum atomic E-state index is -0.286. The van der Waals surface area contributed by atoms with Crippen LogP contribution in [-0.4, -0.2) is 19.2 Å². The molecule has 0 unspecified atom stereocenters. The highest BCUT2D eigenvalue weighted by molar-refractivity contribution is 9.10. The van der Waals surface area contributed by atoms with Gasteiger partial charge in [0, 0.05) is 15.6 Å². The Morgan fingerprint density at radius 1 is 0.806 bits per heavy atom. The summed E-state index contributed by atoms with van der Waals surface area (Å²) in [5.41, 5.74) is 5.79. The molecule has 36 heavy (non-hydrogen) atoms. The monoisotopic (exact) mass is 544 g/mol. The van der Waals surface area contributed by atoms with Crippen LogP contribution in [0.4, 0.5) is 0 Å². The second-order valence-electron chi connectivity index (χ2n) is 7.80. The van der Waals surface area contributed by atoms with Crippen LogP contribution in [-0.2, 0) is 13.2 Å². The maximum Gasteiger partial charge on any atom is 0.271 e. The molecule has 0 aliphatic carbocycles. The van der Waals surface area contributed by atoms with E-state index in [0.717, 1.165) is 15.6 Å². The van der Waals surface area contributed by atoms with Crippen LogP contribution >= 0.6 is 15.9 Å². The molecule has 4 aromatic rings. The first kappa shape index (κ1) is 25.0. The molecule has 0 atom stereocenters. The fourth-order valence-electron chi connectivity index (χ4n) is 3.38. The number of benzene rings is 4. The van der Waals surface area contributed by atoms with E-state index >= 15 is 0 Å². The lowest BCUT2D eigenvalue weighted by molar-refractivity contribution is 0.0955. The Hall–Kier alpha value is -4.10. The predicted octanol–water partition coefficient (Wildman–Crippen LogP) is 6.38. The second kappa shape index (κ2) is 12.6. The summed E-state index contributed by atoms with van der Waals surface area (Å²) in [7, 11) is 1.61. The van der Waals surface area contributed by atoms with Crippen LogP contribution in [0.5, 0.6) is 17.2 Å². The van der Waals surface area contributed by atoms with Gasteiger partial charge in [-0.05, 0) is 53.6 Å². The fraction of sp³-hybridized carbons (Fsp3) is 0.103. The largest absolute Gasteiger partial charge is 0.493 e. The molecule has 7 heteroatoms. The average Bonchev–Trinajstić information content (AvgIpc) is 2.92. The molecule has 0 spiro atoms. The van der Waals surface area contributed by atoms with Gasteiger partial charge < -0.3 is 14.2 Å². The average molecular weight is 545 g/mol. The van der Waals surface area contributed by atoms with Gasteiger partial charge in [-0.25, -0.2) is 5.43 Å². The number of halogens is 1. The number of methoxy groups -OCH3 is 1. The van der Waals surface area contributed by atoms with Crippen molar-refractivity contribution in [2.75, 3.05) is 7.11 Å². The van der Waals surface area contributed by atoms with E-state index in [0.29, 0.717) is 41.6 Å². The highest BCUT2D eigenvalue weighted by atomic mass is 79.9. The third-order valence-corrected chi connectivity index (χ3v) is 5.73. The standard InChI is InChI=1S/C29H25BrN2O4/c1-34-28-16-22(12-14-27(28)36-19-21-8-4-2-5-9-21)20-35-26-15-13-25(30)17-24(26)18-31-32-29(33)23-10-6-3-7-11-23/h2-18H,19-20H2,1H3,(H,32,33)/b31-18+. The van der Waals surface area contributed by atoms with E-state index in [1.54, 1.807) is 37.6 Å². The molecule has 1 N–H and O–H groups in total. The van der Waals surface area contributed by atoms with Crippen molar-refractivity contribution < 1.29 is 19.0 Å². The zero-order valence-electron chi connectivity index (χ0n) is 19.7. The molecule has 0 aromatic heterocycles. The second-order valence-corrected chi connectivity index (χ2v) is 8.71. The lowest BCUT2D eigenvalue weighted by Gasteiger charge is -2.14. The van der Waals surface area contributed by atoms with Crippen LogP contribution in [0.3, 0.4) is 0 Å². The van der Waals surface area contributed by atoms with E-state index in [1.807, 2.05) is 72.8 Å². The van der Waals surface area contributed by atoms with Gasteiger partial charge >= 0.3 is 0 Å². The molecule has 182 valence electrons. The third-order valence-electron chi connectivity index (χ3n) is 5.24. The van der Waals surface area contributed by atoms with Crippen molar-refractivity contribution in [3.63, 3.8) is 0 Å². The van der Waals surface area contributed by atoms with Gasteiger partial charge in [-0.1, -0.05) is 70.5 Å². The Morgan fingerprint density at radius 2 is 1.47 bits per heavy atom. The molecule has 0 bridgehead atoms. The van der Waals surface area contributed by atoms with Gasteiger partial charge in [-0.2, -0.15) is 5.10 Å². The molecular weight excluding hydrogens is 520 g/mol. The summed E-state index contributed by atoms with van der Waals surface area (Å²) < 4.78 is 18.4. The number of nitrogens with one attached hydrogen (secondary N) is 1. The minimum Gasteiger partial charge on any atom is -0.493 e. The molecule has 0 fully saturated rings. The highest BCUT2D eigenvalue weighted by Crippen LogP contribution is 2.30. The van der Waals surface area contributed by atoms with Crippen LogP contribution in [0, 0.1) is 0 Å². The number of carbonyl (C=O) groups is 1. The summed E-state index contributed by atoms with van der Waals surface area (Å²) >= 11 is 3.47. The first-order valence-electron chi connectivity index (χ1n) is 11.3. The van der Waals surface area contributed by atoms with Crippen LogP contribution in [0.15, 0.2) is 107 Å². The predicted molar refractivity (Wildman–Crippen MR) is 144 cm³/mol. The molecule has 4 aromatic carbocycles. The van der Waals surface area contributed by atoms with Gasteiger partial charge in [0.05, 0.1) is 13.3 Å². The molecule has 0 aliphatic heterocycles. The molecule has 0 saturated heterocycles. The maximum absolute atomic E-state index is 12.2. The molecular formula is C29H25BrN2O4. The van der Waals surface area contributed by atoms with Crippen molar-refractivity contribution in [1.82, 2.24) is 5.43 Å². The lowest BCUT2D eigenvalue weighted by atomic mass is 10.2. The van der Waals surface area contributed by atoms with Crippen LogP contribution in [0.1, 0.15) is 27.0 Å². The highest BCUT2D eigenvalue weighted by Gasteiger charge is 2.09. The van der Waals surface area contributed by atoms with E-state index in [9.17, 15) is 4.79 Å². The Morgan fingerprint density at radius 3 is 2.22 bits per heavy atom. The van der Waals surface area contributed by atoms with Gasteiger partial charge in [0.15, 0.2) is 11.5 Å². The maximum atomic E-state index is 12.2. The Balaban J connectivity index is 1.40. The normalized spacial score (nSPS) is 10.7. The minimum absolute atomic E-state index is 0.286. The van der Waals surface area contributed by atoms with Crippen molar-refractivity contribution in [1.29, 1.82) is 0 Å². The first-order chi connectivity index (χ1) is 17.6. The molecule has 0 aliphatic rings. The van der Waals surface area contributed by atoms with Crippen molar-refractivity contribution >= 4 is 28.1 Å². The molecule has 4 rings (SSSR count). The first-order valence-corrected chi connectivity index (χ1v) is 12.1. The van der Waals surface area contributed by atoms with Crippen LogP contribution in [0.2, 0.25) is 0 Å². The Kier molecular flexibility index (Phi) is 8.72. The zero-order chi connectivity index (χ0) is 25.2. The van der Waals surface area contributed by atoms with E-state index in [1.165, 1.54) is 0 Å². The topological polar surface area (TPSA) is 69.2 Å². The number of hydrazone groups is 1. The number of rotatable bonds is 10. The van der Waals surface area contributed by atoms with E-state index in [2.05, 4.69) is 26.5 Å². The summed E-state index contributed by atoms with van der Waals surface area (Å²) in [6.45, 7) is 0.767. The van der Waals surface area contributed by atoms with Gasteiger partial charge in [-0.3, -0.25) is 4.79 Å². The Labute approximate surface area is 218 Å². The molecule has 0 saturated carbocycles. The number of ether oxygens (including phenoxy) is 3. The number of hydrogen-bond acceptors (Lipinski definition) is 5. The van der Waals surface area contributed by atoms with Crippen molar-refractivity contribution in [3.05, 3.63) is 124 Å². The van der Waals surface area contributed by atoms with Crippen molar-refractivity contribution in [2.45, 2.75) is 13.2 Å². The molecule has 0 heterocycles. The van der Waals surface area contributed by atoms with E-state index in [4.69, 9.17) is 14.2 Å². The van der Waals surface area contributed by atoms with E-state index in [-0.39, 0.29) is 5.91 Å². The van der Waals surface area contributed by atoms with Gasteiger partial charge in [0.25, 0.3) is 5.91 Å². The van der Waals surface area contributed by atoms with Crippen molar-refractivity contribution in [3.8, 4) is 17.2 Å². The summed E-state index contributed by atoms with van der Waals surface area (Å²) in [6, 6.07) is 30.2. The van der Waals surface area contributed by atoms with E-state index < -0.39 is 0 Å². The molecule has 6 nitrogen and oxygen atoms in total. The number of nitrogens with zero attached hydrogens (tertiary/aromatic N) is 1. The quantitative estimate of drug-likeness (QED) is 0.186. The SMILES string of the molecule is COc1cc(COc2ccc(Br)cc2/C=N/NC(=O)c2ccccc2)ccc1OCc1ccccc1. The van der Waals surface area contributed by atoms with Crippen LogP contribution < -0.4 is 19.6 Å². The number of amides is 1. The van der Waals surface area contributed by atoms with Gasteiger partial charge in [-0.15, -0.1) is 0 Å². The summed E-state index contributed by atoms with van der Waals surface area (Å²) in [4.78, 5) is 12.2. The molecule has 1 amide bonds. The third kappa shape index (κ3) is 6.96. The van der Waals surface area contributed by atoms with Gasteiger partial charge in [0.2, 0.25) is 0 Å². The summed E-state index contributed by atoms with van der Waals surface area (Å²) in [5.74, 6) is 1.63. The van der Waals surface area contributed by atoms with Gasteiger partial charge in [0.1, 0.15) is 19.0 Å². The summed E-state index contributed by atoms with van der Waals surface area (Å²) in [5, 5.41) is 4.10. The number of hydrogen-bond donors (Lipinski definition) is 1. The fourth-order valence-corrected chi connectivity index (χ4v) is 3.76.